The average molecular weight is 448 g/mol. The zero-order chi connectivity index (χ0) is 21.3. The van der Waals surface area contributed by atoms with E-state index in [2.05, 4.69) is 15.5 Å². The van der Waals surface area contributed by atoms with E-state index < -0.39 is 10.0 Å². The number of sulfonamides is 1. The second-order valence-electron chi connectivity index (χ2n) is 8.30. The molecule has 7 nitrogen and oxygen atoms in total. The van der Waals surface area contributed by atoms with Gasteiger partial charge in [0.15, 0.2) is 0 Å². The summed E-state index contributed by atoms with van der Waals surface area (Å²) in [7, 11) is 2.18. The third-order valence-electron chi connectivity index (χ3n) is 6.60. The highest BCUT2D eigenvalue weighted by Crippen LogP contribution is 2.50. The molecule has 1 aromatic carbocycles. The fourth-order valence-electron chi connectivity index (χ4n) is 5.21. The van der Waals surface area contributed by atoms with Gasteiger partial charge in [-0.25, -0.2) is 8.42 Å². The zero-order valence-electron chi connectivity index (χ0n) is 17.2. The van der Waals surface area contributed by atoms with Crippen LogP contribution in [0.2, 0.25) is 0 Å². The van der Waals surface area contributed by atoms with Crippen LogP contribution in [0.3, 0.4) is 0 Å². The first-order chi connectivity index (χ1) is 14.3. The molecule has 1 saturated heterocycles. The number of ether oxygens (including phenoxy) is 1. The molecule has 3 aromatic rings. The van der Waals surface area contributed by atoms with Gasteiger partial charge < -0.3 is 14.4 Å². The van der Waals surface area contributed by atoms with Crippen molar-refractivity contribution in [3.8, 4) is 5.75 Å². The van der Waals surface area contributed by atoms with Gasteiger partial charge >= 0.3 is 0 Å². The lowest BCUT2D eigenvalue weighted by Gasteiger charge is -2.54. The molecule has 2 aliphatic rings. The minimum absolute atomic E-state index is 0.0120. The second-order valence-corrected chi connectivity index (χ2v) is 11.4. The molecule has 0 radical (unpaired) electrons. The van der Waals surface area contributed by atoms with Crippen LogP contribution in [0.5, 0.6) is 5.75 Å². The number of hydrogen-bond acceptors (Lipinski definition) is 6. The number of methoxy groups -OCH3 is 1. The number of nitrogens with zero attached hydrogens (tertiary/aromatic N) is 3. The summed E-state index contributed by atoms with van der Waals surface area (Å²) in [5.41, 5.74) is 2.96. The summed E-state index contributed by atoms with van der Waals surface area (Å²) in [6, 6.07) is 9.32. The minimum Gasteiger partial charge on any atom is -0.497 e. The molecule has 4 heterocycles. The van der Waals surface area contributed by atoms with Crippen LogP contribution in [-0.4, -0.2) is 67.7 Å². The van der Waals surface area contributed by atoms with Crippen molar-refractivity contribution in [1.29, 1.82) is 0 Å². The number of rotatable bonds is 4. The molecule has 1 spiro atoms. The van der Waals surface area contributed by atoms with E-state index >= 15 is 0 Å². The van der Waals surface area contributed by atoms with Crippen LogP contribution in [0.4, 0.5) is 0 Å². The third-order valence-corrected chi connectivity index (χ3v) is 9.77. The Balaban J connectivity index is 1.64. The number of thiophene rings is 1. The van der Waals surface area contributed by atoms with Crippen molar-refractivity contribution in [3.05, 3.63) is 47.0 Å². The van der Waals surface area contributed by atoms with Crippen LogP contribution in [0.1, 0.15) is 17.3 Å². The molecule has 2 aliphatic heterocycles. The van der Waals surface area contributed by atoms with Gasteiger partial charge in [-0.2, -0.15) is 4.31 Å². The van der Waals surface area contributed by atoms with Crippen molar-refractivity contribution in [2.45, 2.75) is 15.7 Å². The highest BCUT2D eigenvalue weighted by Gasteiger charge is 2.55. The third kappa shape index (κ3) is 2.63. The van der Waals surface area contributed by atoms with Gasteiger partial charge in [-0.3, -0.25) is 4.90 Å². The van der Waals surface area contributed by atoms with Crippen LogP contribution >= 0.6 is 11.3 Å². The zero-order valence-corrected chi connectivity index (χ0v) is 18.8. The summed E-state index contributed by atoms with van der Waals surface area (Å²) in [5, 5.41) is 13.0. The number of aliphatic hydroxyl groups excluding tert-OH is 1. The first-order valence-corrected chi connectivity index (χ1v) is 12.2. The molecule has 1 atom stereocenters. The van der Waals surface area contributed by atoms with Crippen LogP contribution < -0.4 is 4.74 Å². The molecule has 0 amide bonds. The number of aromatic nitrogens is 1. The molecular weight excluding hydrogens is 422 g/mol. The Bertz CT molecular complexity index is 1210. The fraction of sp³-hybridized carbons (Fsp3) is 0.429. The molecule has 0 unspecified atom stereocenters. The van der Waals surface area contributed by atoms with Crippen LogP contribution in [0, 0.1) is 0 Å². The lowest BCUT2D eigenvalue weighted by Crippen LogP contribution is -2.67. The largest absolute Gasteiger partial charge is 0.497 e. The summed E-state index contributed by atoms with van der Waals surface area (Å²) >= 11 is 1.25. The van der Waals surface area contributed by atoms with Crippen molar-refractivity contribution < 1.29 is 18.3 Å². The van der Waals surface area contributed by atoms with E-state index in [9.17, 15) is 13.5 Å². The van der Waals surface area contributed by atoms with Gasteiger partial charge in [-0.15, -0.1) is 11.3 Å². The van der Waals surface area contributed by atoms with Crippen molar-refractivity contribution in [3.63, 3.8) is 0 Å². The van der Waals surface area contributed by atoms with Gasteiger partial charge in [0.05, 0.1) is 25.3 Å². The van der Waals surface area contributed by atoms with Crippen molar-refractivity contribution in [1.82, 2.24) is 13.8 Å². The normalized spacial score (nSPS) is 21.7. The first-order valence-electron chi connectivity index (χ1n) is 9.84. The number of likely N-dealkylation sites (N-methyl/N-ethyl adjacent to an activating group) is 1. The summed E-state index contributed by atoms with van der Waals surface area (Å²) in [6.07, 6.45) is 0. The summed E-state index contributed by atoms with van der Waals surface area (Å²) < 4.78 is 35.6. The van der Waals surface area contributed by atoms with Gasteiger partial charge in [0.1, 0.15) is 9.96 Å². The second kappa shape index (κ2) is 6.80. The highest BCUT2D eigenvalue weighted by atomic mass is 32.2. The van der Waals surface area contributed by atoms with E-state index in [4.69, 9.17) is 4.74 Å². The molecule has 1 fully saturated rings. The molecular formula is C21H25N3O4S2. The SMILES string of the molecule is COc1ccc2c3c(n(C)c2c1)[C@@H](CO)N(C)CC31CN(S(=O)(=O)c2cccs2)C1. The molecule has 0 bridgehead atoms. The Morgan fingerprint density at radius 2 is 2.00 bits per heavy atom. The summed E-state index contributed by atoms with van der Waals surface area (Å²) in [6.45, 7) is 1.59. The number of fused-ring (bicyclic) bond motifs is 4. The summed E-state index contributed by atoms with van der Waals surface area (Å²) in [4.78, 5) is 2.15. The lowest BCUT2D eigenvalue weighted by atomic mass is 9.70. The smallest absolute Gasteiger partial charge is 0.252 e. The van der Waals surface area contributed by atoms with Crippen LogP contribution in [0.15, 0.2) is 39.9 Å². The molecule has 5 rings (SSSR count). The molecule has 0 saturated carbocycles. The van der Waals surface area contributed by atoms with Gasteiger partial charge in [-0.1, -0.05) is 6.07 Å². The Morgan fingerprint density at radius 3 is 2.63 bits per heavy atom. The van der Waals surface area contributed by atoms with E-state index in [0.717, 1.165) is 27.9 Å². The van der Waals surface area contributed by atoms with Crippen LogP contribution in [-0.2, 0) is 22.5 Å². The highest BCUT2D eigenvalue weighted by molar-refractivity contribution is 7.91. The standard InChI is InChI=1S/C21H25N3O4S2/c1-22-11-21(12-24(13-21)30(26,27)18-5-4-8-29-18)19-15-7-6-14(28-3)9-16(15)23(2)20(19)17(22)10-25/h4-9,17,25H,10-13H2,1-3H3/t17-/m1/s1. The predicted octanol–water partition coefficient (Wildman–Crippen LogP) is 2.17. The molecule has 30 heavy (non-hydrogen) atoms. The van der Waals surface area contributed by atoms with Crippen LogP contribution in [0.25, 0.3) is 10.9 Å². The number of benzene rings is 1. The summed E-state index contributed by atoms with van der Waals surface area (Å²) in [5.74, 6) is 0.777. The first kappa shape index (κ1) is 20.0. The monoisotopic (exact) mass is 447 g/mol. The van der Waals surface area contributed by atoms with E-state index in [1.165, 1.54) is 11.3 Å². The van der Waals surface area contributed by atoms with Gasteiger partial charge in [0, 0.05) is 49.2 Å². The topological polar surface area (TPSA) is 75.0 Å². The predicted molar refractivity (Wildman–Crippen MR) is 117 cm³/mol. The lowest BCUT2D eigenvalue weighted by molar-refractivity contribution is 0.0452. The van der Waals surface area contributed by atoms with E-state index in [1.54, 1.807) is 28.9 Å². The number of aliphatic hydroxyl groups is 1. The maximum atomic E-state index is 13.0. The molecule has 0 aliphatic carbocycles. The van der Waals surface area contributed by atoms with E-state index in [-0.39, 0.29) is 18.1 Å². The molecule has 160 valence electrons. The number of aryl methyl sites for hydroxylation is 1. The number of hydrogen-bond donors (Lipinski definition) is 1. The van der Waals surface area contributed by atoms with E-state index in [1.807, 2.05) is 26.2 Å². The van der Waals surface area contributed by atoms with Gasteiger partial charge in [0.2, 0.25) is 0 Å². The maximum Gasteiger partial charge on any atom is 0.252 e. The van der Waals surface area contributed by atoms with Gasteiger partial charge in [0.25, 0.3) is 10.0 Å². The minimum atomic E-state index is -3.47. The van der Waals surface area contributed by atoms with Crippen molar-refractivity contribution in [2.75, 3.05) is 40.4 Å². The molecule has 9 heteroatoms. The Hall–Kier alpha value is -1.91. The van der Waals surface area contributed by atoms with Crippen molar-refractivity contribution in [2.24, 2.45) is 7.05 Å². The molecule has 2 aromatic heterocycles. The quantitative estimate of drug-likeness (QED) is 0.664. The Morgan fingerprint density at radius 1 is 1.23 bits per heavy atom. The van der Waals surface area contributed by atoms with Gasteiger partial charge in [-0.05, 0) is 36.2 Å². The van der Waals surface area contributed by atoms with E-state index in [0.29, 0.717) is 23.8 Å². The Labute approximate surface area is 180 Å². The fourth-order valence-corrected chi connectivity index (χ4v) is 7.96. The average Bonchev–Trinajstić information content (AvgIpc) is 3.34. The Kier molecular flexibility index (Phi) is 4.53. The maximum absolute atomic E-state index is 13.0. The van der Waals surface area contributed by atoms with Crippen molar-refractivity contribution >= 4 is 32.3 Å². The molecule has 1 N–H and O–H groups in total.